The summed E-state index contributed by atoms with van der Waals surface area (Å²) in [5, 5.41) is 0. The van der Waals surface area contributed by atoms with Gasteiger partial charge in [-0.1, -0.05) is 0 Å². The molecule has 0 aliphatic heterocycles. The van der Waals surface area contributed by atoms with Crippen molar-refractivity contribution in [1.82, 2.24) is 15.0 Å². The summed E-state index contributed by atoms with van der Waals surface area (Å²) in [4.78, 5) is 23.2. The Morgan fingerprint density at radius 3 is 2.70 bits per heavy atom. The van der Waals surface area contributed by atoms with Crippen LogP contribution in [0.4, 0.5) is 11.5 Å². The van der Waals surface area contributed by atoms with Crippen molar-refractivity contribution < 1.29 is 0 Å². The summed E-state index contributed by atoms with van der Waals surface area (Å²) in [5.74, 6) is 0.880. The Labute approximate surface area is 123 Å². The maximum absolute atomic E-state index is 11.3. The summed E-state index contributed by atoms with van der Waals surface area (Å²) in [6, 6.07) is 7.79. The van der Waals surface area contributed by atoms with Crippen LogP contribution in [0, 0.1) is 6.92 Å². The molecule has 0 spiro atoms. The van der Waals surface area contributed by atoms with Gasteiger partial charge in [-0.25, -0.2) is 9.78 Å². The Morgan fingerprint density at radius 1 is 1.20 bits per heavy atom. The predicted molar refractivity (Wildman–Crippen MR) is 83.7 cm³/mol. The topological polar surface area (TPSA) is 64.8 Å². The first-order valence-corrected chi connectivity index (χ1v) is 6.92. The van der Waals surface area contributed by atoms with Crippen LogP contribution in [-0.2, 0) is 0 Å². The molecule has 2 heterocycles. The van der Waals surface area contributed by atoms with E-state index in [1.807, 2.05) is 43.1 Å². The van der Waals surface area contributed by atoms with Gasteiger partial charge in [-0.15, -0.1) is 0 Å². The quantitative estimate of drug-likeness (QED) is 0.757. The molecule has 0 bridgehead atoms. The van der Waals surface area contributed by atoms with Gasteiger partial charge in [0.05, 0.1) is 11.0 Å². The van der Waals surface area contributed by atoms with Crippen molar-refractivity contribution in [3.63, 3.8) is 0 Å². The van der Waals surface area contributed by atoms with Crippen molar-refractivity contribution >= 4 is 38.5 Å². The molecule has 0 atom stereocenters. The first-order chi connectivity index (χ1) is 9.54. The van der Waals surface area contributed by atoms with E-state index in [2.05, 4.69) is 30.9 Å². The van der Waals surface area contributed by atoms with E-state index >= 15 is 0 Å². The first kappa shape index (κ1) is 12.9. The molecule has 2 N–H and O–H groups in total. The van der Waals surface area contributed by atoms with Crippen LogP contribution in [0.3, 0.4) is 0 Å². The molecule has 3 aromatic rings. The van der Waals surface area contributed by atoms with Crippen LogP contribution in [0.2, 0.25) is 0 Å². The van der Waals surface area contributed by atoms with E-state index in [0.29, 0.717) is 0 Å². The molecule has 3 rings (SSSR count). The number of H-pyrrole nitrogens is 2. The van der Waals surface area contributed by atoms with Crippen molar-refractivity contribution in [2.45, 2.75) is 6.92 Å². The van der Waals surface area contributed by atoms with Crippen molar-refractivity contribution in [1.29, 1.82) is 0 Å². The number of fused-ring (bicyclic) bond motifs is 1. The Balaban J connectivity index is 2.06. The highest BCUT2D eigenvalue weighted by Gasteiger charge is 2.10. The summed E-state index contributed by atoms with van der Waals surface area (Å²) >= 11 is 3.41. The number of rotatable bonds is 2. The highest BCUT2D eigenvalue weighted by Crippen LogP contribution is 2.27. The molecule has 0 aliphatic carbocycles. The smallest absolute Gasteiger partial charge is 0.323 e. The Kier molecular flexibility index (Phi) is 3.10. The minimum atomic E-state index is -0.197. The van der Waals surface area contributed by atoms with Crippen LogP contribution in [0.5, 0.6) is 0 Å². The van der Waals surface area contributed by atoms with Gasteiger partial charge in [-0.2, -0.15) is 0 Å². The number of benzene rings is 1. The predicted octanol–water partition coefficient (Wildman–Crippen LogP) is 3.09. The standard InChI is InChI=1S/C14H13BrN4O/c1-8-5-9(15)7-16-13(8)19(2)10-3-4-11-12(6-10)18-14(20)17-11/h3-7H,1-2H3,(H2,17,18,20). The summed E-state index contributed by atoms with van der Waals surface area (Å²) < 4.78 is 0.956. The number of hydrogen-bond acceptors (Lipinski definition) is 3. The van der Waals surface area contributed by atoms with Gasteiger partial charge in [0.15, 0.2) is 0 Å². The first-order valence-electron chi connectivity index (χ1n) is 6.12. The minimum absolute atomic E-state index is 0.197. The summed E-state index contributed by atoms with van der Waals surface area (Å²) in [7, 11) is 1.95. The number of aromatic amines is 2. The maximum Gasteiger partial charge on any atom is 0.323 e. The molecule has 102 valence electrons. The molecular weight excluding hydrogens is 320 g/mol. The number of hydrogen-bond donors (Lipinski definition) is 2. The second-order valence-corrected chi connectivity index (χ2v) is 5.58. The zero-order valence-electron chi connectivity index (χ0n) is 11.1. The molecule has 0 amide bonds. The van der Waals surface area contributed by atoms with E-state index in [1.54, 1.807) is 6.20 Å². The van der Waals surface area contributed by atoms with Crippen LogP contribution in [0.1, 0.15) is 5.56 Å². The van der Waals surface area contributed by atoms with Crippen LogP contribution >= 0.6 is 15.9 Å². The molecule has 0 unspecified atom stereocenters. The third kappa shape index (κ3) is 2.22. The van der Waals surface area contributed by atoms with Crippen molar-refractivity contribution in [3.05, 3.63) is 51.0 Å². The second-order valence-electron chi connectivity index (χ2n) is 4.66. The SMILES string of the molecule is Cc1cc(Br)cnc1N(C)c1ccc2[nH]c(=O)[nH]c2c1. The lowest BCUT2D eigenvalue weighted by molar-refractivity contribution is 1.10. The highest BCUT2D eigenvalue weighted by molar-refractivity contribution is 9.10. The summed E-state index contributed by atoms with van der Waals surface area (Å²) in [6.07, 6.45) is 1.77. The fraction of sp³-hybridized carbons (Fsp3) is 0.143. The Hall–Kier alpha value is -2.08. The number of aryl methyl sites for hydroxylation is 1. The van der Waals surface area contributed by atoms with Crippen LogP contribution < -0.4 is 10.6 Å². The third-order valence-electron chi connectivity index (χ3n) is 3.22. The van der Waals surface area contributed by atoms with E-state index in [9.17, 15) is 4.79 Å². The van der Waals surface area contributed by atoms with E-state index in [0.717, 1.165) is 32.6 Å². The van der Waals surface area contributed by atoms with Crippen molar-refractivity contribution in [3.8, 4) is 0 Å². The van der Waals surface area contributed by atoms with Gasteiger partial charge in [0.25, 0.3) is 0 Å². The molecule has 0 aliphatic rings. The molecule has 0 saturated carbocycles. The number of nitrogens with one attached hydrogen (secondary N) is 2. The average molecular weight is 333 g/mol. The van der Waals surface area contributed by atoms with Gasteiger partial charge in [0.2, 0.25) is 0 Å². The molecule has 2 aromatic heterocycles. The van der Waals surface area contributed by atoms with Crippen LogP contribution in [-0.4, -0.2) is 22.0 Å². The summed E-state index contributed by atoms with van der Waals surface area (Å²) in [6.45, 7) is 2.01. The zero-order chi connectivity index (χ0) is 14.3. The van der Waals surface area contributed by atoms with E-state index < -0.39 is 0 Å². The zero-order valence-corrected chi connectivity index (χ0v) is 12.7. The van der Waals surface area contributed by atoms with Crippen molar-refractivity contribution in [2.24, 2.45) is 0 Å². The lowest BCUT2D eigenvalue weighted by Crippen LogP contribution is -2.12. The monoisotopic (exact) mass is 332 g/mol. The Bertz CT molecular complexity index is 837. The number of imidazole rings is 1. The van der Waals surface area contributed by atoms with Crippen LogP contribution in [0.15, 0.2) is 39.7 Å². The molecule has 0 fully saturated rings. The molecule has 5 nitrogen and oxygen atoms in total. The third-order valence-corrected chi connectivity index (χ3v) is 3.66. The van der Waals surface area contributed by atoms with Gasteiger partial charge in [-0.05, 0) is 52.7 Å². The molecule has 6 heteroatoms. The van der Waals surface area contributed by atoms with Gasteiger partial charge < -0.3 is 14.9 Å². The lowest BCUT2D eigenvalue weighted by atomic mass is 10.2. The van der Waals surface area contributed by atoms with Crippen molar-refractivity contribution in [2.75, 3.05) is 11.9 Å². The molecular formula is C14H13BrN4O. The van der Waals surface area contributed by atoms with Gasteiger partial charge in [-0.3, -0.25) is 0 Å². The fourth-order valence-corrected chi connectivity index (χ4v) is 2.68. The number of halogens is 1. The largest absolute Gasteiger partial charge is 0.329 e. The maximum atomic E-state index is 11.3. The normalized spacial score (nSPS) is 10.9. The molecule has 20 heavy (non-hydrogen) atoms. The molecule has 0 saturated heterocycles. The lowest BCUT2D eigenvalue weighted by Gasteiger charge is -2.20. The molecule has 1 aromatic carbocycles. The number of aromatic nitrogens is 3. The minimum Gasteiger partial charge on any atom is -0.329 e. The van der Waals surface area contributed by atoms with E-state index in [4.69, 9.17) is 0 Å². The Morgan fingerprint density at radius 2 is 1.95 bits per heavy atom. The highest BCUT2D eigenvalue weighted by atomic mass is 79.9. The van der Waals surface area contributed by atoms with Gasteiger partial charge in [0.1, 0.15) is 5.82 Å². The number of nitrogens with zero attached hydrogens (tertiary/aromatic N) is 2. The van der Waals surface area contributed by atoms with E-state index in [1.165, 1.54) is 0 Å². The van der Waals surface area contributed by atoms with Gasteiger partial charge in [0, 0.05) is 23.4 Å². The number of pyridine rings is 1. The fourth-order valence-electron chi connectivity index (χ4n) is 2.24. The summed E-state index contributed by atoms with van der Waals surface area (Å²) in [5.41, 5.74) is 3.43. The van der Waals surface area contributed by atoms with Crippen LogP contribution in [0.25, 0.3) is 11.0 Å². The number of anilines is 2. The van der Waals surface area contributed by atoms with Gasteiger partial charge >= 0.3 is 5.69 Å². The second kappa shape index (κ2) is 4.79. The van der Waals surface area contributed by atoms with E-state index in [-0.39, 0.29) is 5.69 Å². The molecule has 0 radical (unpaired) electrons. The average Bonchev–Trinajstić information content (AvgIpc) is 2.77.